The van der Waals surface area contributed by atoms with Crippen molar-refractivity contribution in [1.82, 2.24) is 0 Å². The molecule has 5 aromatic carbocycles. The smallest absolute Gasteiger partial charge is 0.369 e. The maximum absolute atomic E-state index is 13.0. The third-order valence-electron chi connectivity index (χ3n) is 19.0. The lowest BCUT2D eigenvalue weighted by Gasteiger charge is -2.34. The fraction of sp³-hybridized carbons (Fsp3) is 0.527. The minimum absolute atomic E-state index is 0.0146. The number of alkyl halides is 2. The minimum atomic E-state index is -5.86. The highest BCUT2D eigenvalue weighted by atomic mass is 32.2. The Kier molecular flexibility index (Phi) is 25.4. The van der Waals surface area contributed by atoms with Crippen molar-refractivity contribution in [3.63, 3.8) is 0 Å². The van der Waals surface area contributed by atoms with Crippen LogP contribution >= 0.6 is 0 Å². The third kappa shape index (κ3) is 18.6. The van der Waals surface area contributed by atoms with E-state index in [1.807, 2.05) is 76.2 Å². The summed E-state index contributed by atoms with van der Waals surface area (Å²) in [7, 11) is -5.87. The number of carbonyl (C=O) groups excluding carboxylic acids is 5. The molecule has 2 aliphatic carbocycles. The van der Waals surface area contributed by atoms with Crippen molar-refractivity contribution in [2.24, 2.45) is 33.5 Å². The Morgan fingerprint density at radius 1 is 0.596 bits per heavy atom. The van der Waals surface area contributed by atoms with Crippen molar-refractivity contribution >= 4 is 50.9 Å². The van der Waals surface area contributed by atoms with Gasteiger partial charge in [-0.25, -0.2) is 8.42 Å². The van der Waals surface area contributed by atoms with Crippen molar-refractivity contribution in [2.75, 3.05) is 0 Å². The van der Waals surface area contributed by atoms with Crippen LogP contribution in [0.2, 0.25) is 0 Å². The highest BCUT2D eigenvalue weighted by molar-refractivity contribution is 7.97. The van der Waals surface area contributed by atoms with Gasteiger partial charge in [-0.15, -0.1) is 0 Å². The first-order valence-electron chi connectivity index (χ1n) is 32.4. The zero-order chi connectivity index (χ0) is 69.9. The van der Waals surface area contributed by atoms with Crippen LogP contribution in [0.4, 0.5) is 8.78 Å². The van der Waals surface area contributed by atoms with E-state index in [4.69, 9.17) is 23.7 Å². The third-order valence-corrected chi connectivity index (χ3v) is 22.2. The summed E-state index contributed by atoms with van der Waals surface area (Å²) in [6.07, 6.45) is 3.19. The van der Waals surface area contributed by atoms with E-state index in [0.29, 0.717) is 56.9 Å². The number of hydrogen-bond acceptors (Lipinski definition) is 16. The lowest BCUT2D eigenvalue weighted by atomic mass is 9.86. The summed E-state index contributed by atoms with van der Waals surface area (Å²) in [5.41, 5.74) is 1.44. The van der Waals surface area contributed by atoms with E-state index in [0.717, 1.165) is 31.2 Å². The summed E-state index contributed by atoms with van der Waals surface area (Å²) >= 11 is 0. The average molecular weight is 1340 g/mol. The molecular formula is C74H96F2O16S2. The van der Waals surface area contributed by atoms with Gasteiger partial charge in [0.25, 0.3) is 0 Å². The van der Waals surface area contributed by atoms with E-state index in [1.165, 1.54) is 51.8 Å². The van der Waals surface area contributed by atoms with Gasteiger partial charge in [0.2, 0.25) is 0 Å². The highest BCUT2D eigenvalue weighted by Crippen LogP contribution is 2.48. The molecule has 2 N–H and O–H groups in total. The molecule has 20 heteroatoms. The van der Waals surface area contributed by atoms with Crippen LogP contribution < -0.4 is 0 Å². The zero-order valence-electron chi connectivity index (χ0n) is 57.0. The molecule has 3 heterocycles. The van der Waals surface area contributed by atoms with E-state index in [2.05, 4.69) is 120 Å². The summed E-state index contributed by atoms with van der Waals surface area (Å²) in [6, 6.07) is 43.7. The molecule has 3 fully saturated rings. The van der Waals surface area contributed by atoms with Crippen molar-refractivity contribution in [2.45, 2.75) is 230 Å². The van der Waals surface area contributed by atoms with E-state index >= 15 is 0 Å². The average Bonchev–Trinajstić information content (AvgIpc) is 1.57. The Bertz CT molecular complexity index is 3380. The number of aromatic hydroxyl groups is 2. The van der Waals surface area contributed by atoms with Gasteiger partial charge in [0.1, 0.15) is 29.3 Å². The molecule has 0 amide bonds. The molecule has 5 aliphatic rings. The maximum atomic E-state index is 13.0. The van der Waals surface area contributed by atoms with Gasteiger partial charge in [-0.2, -0.15) is 8.78 Å². The molecule has 16 nitrogen and oxygen atoms in total. The summed E-state index contributed by atoms with van der Waals surface area (Å²) in [5, 5.41) is 15.1. The number of halogens is 2. The number of carbonyl (C=O) groups is 5. The predicted molar refractivity (Wildman–Crippen MR) is 354 cm³/mol. The second kappa shape index (κ2) is 31.3. The van der Waals surface area contributed by atoms with Crippen LogP contribution in [-0.2, 0) is 99.1 Å². The fourth-order valence-electron chi connectivity index (χ4n) is 10.6. The summed E-state index contributed by atoms with van der Waals surface area (Å²) < 4.78 is 89.1. The molecule has 2 bridgehead atoms. The van der Waals surface area contributed by atoms with E-state index in [-0.39, 0.29) is 70.5 Å². The Balaban J connectivity index is 0.000000186. The summed E-state index contributed by atoms with van der Waals surface area (Å²) in [5.74, 6) is -1.12. The maximum Gasteiger partial charge on any atom is 0.369 e. The van der Waals surface area contributed by atoms with E-state index < -0.39 is 66.9 Å². The molecule has 10 rings (SSSR count). The number of esters is 5. The topological polar surface area (TPSA) is 238 Å². The number of ether oxygens (including phenoxy) is 6. The molecule has 7 unspecified atom stereocenters. The molecule has 0 radical (unpaired) electrons. The van der Waals surface area contributed by atoms with Crippen molar-refractivity contribution < 1.29 is 84.4 Å². The van der Waals surface area contributed by atoms with Crippen molar-refractivity contribution in [1.29, 1.82) is 0 Å². The largest absolute Gasteiger partial charge is 0.743 e. The molecule has 3 saturated heterocycles. The molecule has 7 atom stereocenters. The molecule has 0 spiro atoms. The standard InChI is InChI=1S/C18H26O2.C18H15S.C16H22O4.C13H18O5.C9H16F2O5S/c1-6-17(2,3)16(19)20-18(4,5)15-11-13-9-7-8-10-14(13)12-15;1-4-10-16(11-5-1)19(17-12-6-2-7-13-17)18-14-8-3-9-15-18;1-4-16(2,3)15(19)20-10-5-6-11-12(9-10)14(18)8-7-13(11)17;1-4-13(2,3)12(15)18-9-7-5-6-8(16-7)10(9)17-11(6)14;1-5-8(3,4)7(12)16-6(2)9(10,11)17(13,14)15/h7-10,15H,6,11-12H2,1-5H3;1-15H;7-8,10,17-18H,4-6,9H2,1-3H3;6-10H,4-5H2,1-3H3;6H,5H2,1-4H3,(H,13,14,15)/q;+1;;;/p-1. The van der Waals surface area contributed by atoms with E-state index in [9.17, 15) is 55.9 Å². The number of rotatable bonds is 18. The van der Waals surface area contributed by atoms with Crippen LogP contribution in [-0.4, -0.2) is 101 Å². The summed E-state index contributed by atoms with van der Waals surface area (Å²) in [6.45, 7) is 26.6. The molecule has 94 heavy (non-hydrogen) atoms. The van der Waals surface area contributed by atoms with Gasteiger partial charge in [0.15, 0.2) is 43.1 Å². The van der Waals surface area contributed by atoms with Crippen LogP contribution in [0, 0.1) is 33.5 Å². The van der Waals surface area contributed by atoms with Gasteiger partial charge in [-0.05, 0) is 194 Å². The molecule has 3 aliphatic heterocycles. The molecule has 0 saturated carbocycles. The molecular weight excluding hydrogens is 1250 g/mol. The number of phenolic OH excluding ortho intramolecular Hbond substituents is 2. The second-order valence-electron chi connectivity index (χ2n) is 27.7. The van der Waals surface area contributed by atoms with Crippen LogP contribution in [0.15, 0.2) is 142 Å². The second-order valence-corrected chi connectivity index (χ2v) is 31.2. The van der Waals surface area contributed by atoms with E-state index in [1.54, 1.807) is 6.92 Å². The Hall–Kier alpha value is -6.87. The fourth-order valence-corrected chi connectivity index (χ4v) is 13.2. The van der Waals surface area contributed by atoms with Crippen LogP contribution in [0.1, 0.15) is 165 Å². The molecule has 514 valence electrons. The van der Waals surface area contributed by atoms with Gasteiger partial charge >= 0.3 is 35.1 Å². The Morgan fingerprint density at radius 3 is 1.46 bits per heavy atom. The van der Waals surface area contributed by atoms with Gasteiger partial charge < -0.3 is 43.2 Å². The minimum Gasteiger partial charge on any atom is -0.743 e. The molecule has 0 aromatic heterocycles. The van der Waals surface area contributed by atoms with Gasteiger partial charge in [-0.1, -0.05) is 107 Å². The van der Waals surface area contributed by atoms with Crippen molar-refractivity contribution in [3.05, 3.63) is 150 Å². The highest BCUT2D eigenvalue weighted by Gasteiger charge is 2.65. The first-order valence-corrected chi connectivity index (χ1v) is 35.0. The SMILES string of the molecule is CCC(C)(C)C(=O)OC(C)(C)C1Cc2ccccc2C1.CCC(C)(C)C(=O)OC(C)C(F)(F)S(=O)(=O)[O-].CCC(C)(C)C(=O)OC1C2CC3C(=O)OC1C3O2.CCC(C)(C)C(=O)OC1CCc2c(O)ccc(O)c2C1.c1ccc([S+](c2ccccc2)c2ccccc2)cc1. The monoisotopic (exact) mass is 1340 g/mol. The van der Waals surface area contributed by atoms with Crippen molar-refractivity contribution in [3.8, 4) is 11.5 Å². The van der Waals surface area contributed by atoms with Crippen LogP contribution in [0.5, 0.6) is 11.5 Å². The number of hydrogen-bond donors (Lipinski definition) is 2. The normalized spacial score (nSPS) is 20.1. The quantitative estimate of drug-likeness (QED) is 0.0273. The zero-order valence-corrected chi connectivity index (χ0v) is 58.6. The first kappa shape index (κ1) is 76.2. The van der Waals surface area contributed by atoms with Gasteiger partial charge in [-0.3, -0.25) is 24.0 Å². The Labute approximate surface area is 557 Å². The van der Waals surface area contributed by atoms with Gasteiger partial charge in [0.05, 0.1) is 44.6 Å². The Morgan fingerprint density at radius 2 is 1.01 bits per heavy atom. The number of fused-ring (bicyclic) bond motifs is 3. The summed E-state index contributed by atoms with van der Waals surface area (Å²) in [4.78, 5) is 63.5. The lowest BCUT2D eigenvalue weighted by molar-refractivity contribution is -0.172. The van der Waals surface area contributed by atoms with Crippen LogP contribution in [0.3, 0.4) is 0 Å². The van der Waals surface area contributed by atoms with Gasteiger partial charge in [0, 0.05) is 23.5 Å². The molecule has 5 aromatic rings. The number of benzene rings is 5. The van der Waals surface area contributed by atoms with Crippen LogP contribution in [0.25, 0.3) is 0 Å². The number of phenols is 2. The lowest BCUT2D eigenvalue weighted by Crippen LogP contribution is -2.44. The first-order chi connectivity index (χ1) is 43.9. The predicted octanol–water partition coefficient (Wildman–Crippen LogP) is 14.4.